The number of allylic oxidation sites excluding steroid dienone is 1. The number of rotatable bonds is 8. The van der Waals surface area contributed by atoms with Crippen molar-refractivity contribution in [2.75, 3.05) is 7.05 Å². The van der Waals surface area contributed by atoms with E-state index in [2.05, 4.69) is 6.58 Å². The summed E-state index contributed by atoms with van der Waals surface area (Å²) in [5.74, 6) is 2.73. The van der Waals surface area contributed by atoms with E-state index in [0.29, 0.717) is 11.9 Å². The van der Waals surface area contributed by atoms with E-state index in [4.69, 9.17) is 10.7 Å². The Bertz CT molecular complexity index is 552. The first-order valence-electron chi connectivity index (χ1n) is 11.3. The molecule has 1 aliphatic heterocycles. The molecule has 152 valence electrons. The van der Waals surface area contributed by atoms with E-state index in [0.717, 1.165) is 37.5 Å². The number of likely N-dealkylation sites (N-methyl/N-ethyl adjacent to an activating group) is 1. The highest BCUT2D eigenvalue weighted by atomic mass is 16.2. The molecular formula is C23H39N3O. The number of amides is 1. The fourth-order valence-corrected chi connectivity index (χ4v) is 5.76. The summed E-state index contributed by atoms with van der Waals surface area (Å²) in [6, 6.07) is 0. The highest BCUT2D eigenvalue weighted by Crippen LogP contribution is 2.42. The Balaban J connectivity index is 1.66. The van der Waals surface area contributed by atoms with Gasteiger partial charge in [0, 0.05) is 7.05 Å². The highest BCUT2D eigenvalue weighted by molar-refractivity contribution is 6.06. The Labute approximate surface area is 165 Å². The Hall–Kier alpha value is -1.32. The van der Waals surface area contributed by atoms with Gasteiger partial charge in [-0.05, 0) is 56.3 Å². The number of aliphatic imine (C=N–C) groups is 1. The number of nitrogens with two attached hydrogens (primary N) is 1. The lowest BCUT2D eigenvalue weighted by Gasteiger charge is -2.35. The highest BCUT2D eigenvalue weighted by Gasteiger charge is 2.47. The molecule has 3 atom stereocenters. The Kier molecular flexibility index (Phi) is 6.99. The second-order valence-electron chi connectivity index (χ2n) is 9.38. The van der Waals surface area contributed by atoms with E-state index in [-0.39, 0.29) is 5.91 Å². The molecule has 0 aromatic carbocycles. The second-order valence-corrected chi connectivity index (χ2v) is 9.38. The predicted molar refractivity (Wildman–Crippen MR) is 112 cm³/mol. The second kappa shape index (κ2) is 9.25. The minimum absolute atomic E-state index is 0.143. The molecule has 0 unspecified atom stereocenters. The average Bonchev–Trinajstić information content (AvgIpc) is 2.90. The van der Waals surface area contributed by atoms with E-state index >= 15 is 0 Å². The van der Waals surface area contributed by atoms with Gasteiger partial charge in [0.1, 0.15) is 5.54 Å². The topological polar surface area (TPSA) is 58.7 Å². The van der Waals surface area contributed by atoms with Crippen LogP contribution in [0, 0.1) is 17.8 Å². The van der Waals surface area contributed by atoms with E-state index in [1.54, 1.807) is 11.9 Å². The summed E-state index contributed by atoms with van der Waals surface area (Å²) in [6.45, 7) is 3.87. The van der Waals surface area contributed by atoms with Crippen molar-refractivity contribution in [2.45, 2.75) is 95.4 Å². The van der Waals surface area contributed by atoms with Crippen LogP contribution in [-0.4, -0.2) is 29.4 Å². The number of nitrogens with zero attached hydrogens (tertiary/aromatic N) is 2. The van der Waals surface area contributed by atoms with Crippen LogP contribution in [0.1, 0.15) is 89.9 Å². The van der Waals surface area contributed by atoms with Crippen molar-refractivity contribution in [3.8, 4) is 0 Å². The largest absolute Gasteiger partial charge is 0.369 e. The smallest absolute Gasteiger partial charge is 0.257 e. The van der Waals surface area contributed by atoms with Crippen molar-refractivity contribution in [1.82, 2.24) is 4.90 Å². The van der Waals surface area contributed by atoms with Crippen molar-refractivity contribution < 1.29 is 4.79 Å². The molecule has 2 fully saturated rings. The summed E-state index contributed by atoms with van der Waals surface area (Å²) in [4.78, 5) is 19.6. The molecule has 27 heavy (non-hydrogen) atoms. The quantitative estimate of drug-likeness (QED) is 0.606. The maximum absolute atomic E-state index is 13.2. The number of carbonyl (C=O) groups excluding carboxylic acids is 1. The standard InChI is InChI=1S/C23H39N3O/c1-3-4-9-19-12-8-13-20(16-19)17-23(21(27)26(2)22(24)25-23)15-14-18-10-6-5-7-11-18/h3,18-20H,1,4-17H2,2H3,(H2,24,25)/t19-,20+,23+/m0/s1. The minimum Gasteiger partial charge on any atom is -0.369 e. The third-order valence-electron chi connectivity index (χ3n) is 7.36. The third kappa shape index (κ3) is 4.94. The summed E-state index contributed by atoms with van der Waals surface area (Å²) in [7, 11) is 1.79. The lowest BCUT2D eigenvalue weighted by Crippen LogP contribution is -2.44. The van der Waals surface area contributed by atoms with Crippen LogP contribution in [0.5, 0.6) is 0 Å². The molecule has 2 saturated carbocycles. The molecule has 0 saturated heterocycles. The monoisotopic (exact) mass is 373 g/mol. The molecule has 4 heteroatoms. The molecule has 0 aromatic heterocycles. The van der Waals surface area contributed by atoms with E-state index in [1.165, 1.54) is 64.2 Å². The molecule has 3 aliphatic rings. The van der Waals surface area contributed by atoms with E-state index < -0.39 is 5.54 Å². The van der Waals surface area contributed by atoms with Crippen LogP contribution >= 0.6 is 0 Å². The average molecular weight is 374 g/mol. The summed E-state index contributed by atoms with van der Waals surface area (Å²) in [5, 5.41) is 0. The lowest BCUT2D eigenvalue weighted by atomic mass is 9.72. The maximum atomic E-state index is 13.2. The van der Waals surface area contributed by atoms with Gasteiger partial charge in [-0.3, -0.25) is 9.69 Å². The molecule has 0 bridgehead atoms. The zero-order valence-electron chi connectivity index (χ0n) is 17.3. The van der Waals surface area contributed by atoms with Gasteiger partial charge in [0.25, 0.3) is 5.91 Å². The zero-order chi connectivity index (χ0) is 19.3. The summed E-state index contributed by atoms with van der Waals surface area (Å²) in [6.07, 6.45) is 19.1. The van der Waals surface area contributed by atoms with Gasteiger partial charge in [0.05, 0.1) is 0 Å². The Morgan fingerprint density at radius 2 is 1.81 bits per heavy atom. The maximum Gasteiger partial charge on any atom is 0.257 e. The molecular weight excluding hydrogens is 334 g/mol. The van der Waals surface area contributed by atoms with E-state index in [1.807, 2.05) is 6.08 Å². The van der Waals surface area contributed by atoms with Crippen LogP contribution in [0.4, 0.5) is 0 Å². The van der Waals surface area contributed by atoms with Crippen LogP contribution in [0.2, 0.25) is 0 Å². The minimum atomic E-state index is -0.582. The van der Waals surface area contributed by atoms with Crippen LogP contribution in [0.15, 0.2) is 17.6 Å². The predicted octanol–water partition coefficient (Wildman–Crippen LogP) is 5.04. The lowest BCUT2D eigenvalue weighted by molar-refractivity contribution is -0.131. The van der Waals surface area contributed by atoms with Crippen LogP contribution < -0.4 is 5.73 Å². The van der Waals surface area contributed by atoms with Gasteiger partial charge in [-0.25, -0.2) is 4.99 Å². The molecule has 0 spiro atoms. The molecule has 1 amide bonds. The number of hydrogen-bond acceptors (Lipinski definition) is 3. The fraction of sp³-hybridized carbons (Fsp3) is 0.826. The summed E-state index contributed by atoms with van der Waals surface area (Å²) >= 11 is 0. The Morgan fingerprint density at radius 3 is 2.48 bits per heavy atom. The van der Waals surface area contributed by atoms with Crippen LogP contribution in [-0.2, 0) is 4.79 Å². The SMILES string of the molecule is C=CCC[C@H]1CCC[C@@H](C[C@@]2(CCC3CCCCC3)N=C(N)N(C)C2=O)C1. The summed E-state index contributed by atoms with van der Waals surface area (Å²) < 4.78 is 0. The van der Waals surface area contributed by atoms with Crippen LogP contribution in [0.25, 0.3) is 0 Å². The van der Waals surface area contributed by atoms with Crippen molar-refractivity contribution in [1.29, 1.82) is 0 Å². The van der Waals surface area contributed by atoms with Gasteiger partial charge in [-0.1, -0.05) is 57.4 Å². The summed E-state index contributed by atoms with van der Waals surface area (Å²) in [5.41, 5.74) is 5.51. The third-order valence-corrected chi connectivity index (χ3v) is 7.36. The van der Waals surface area contributed by atoms with Crippen LogP contribution in [0.3, 0.4) is 0 Å². The van der Waals surface area contributed by atoms with Gasteiger partial charge in [-0.15, -0.1) is 6.58 Å². The van der Waals surface area contributed by atoms with Gasteiger partial charge in [0.15, 0.2) is 5.96 Å². The number of hydrogen-bond donors (Lipinski definition) is 1. The fourth-order valence-electron chi connectivity index (χ4n) is 5.76. The molecule has 0 radical (unpaired) electrons. The first kappa shape index (κ1) is 20.4. The molecule has 2 N–H and O–H groups in total. The zero-order valence-corrected chi connectivity index (χ0v) is 17.3. The van der Waals surface area contributed by atoms with Gasteiger partial charge >= 0.3 is 0 Å². The molecule has 0 aromatic rings. The van der Waals surface area contributed by atoms with Gasteiger partial charge in [-0.2, -0.15) is 0 Å². The molecule has 1 heterocycles. The van der Waals surface area contributed by atoms with Crippen molar-refractivity contribution in [2.24, 2.45) is 28.5 Å². The normalized spacial score (nSPS) is 32.6. The first-order chi connectivity index (χ1) is 13.0. The van der Waals surface area contributed by atoms with Crippen molar-refractivity contribution >= 4 is 11.9 Å². The Morgan fingerprint density at radius 1 is 1.11 bits per heavy atom. The van der Waals surface area contributed by atoms with Gasteiger partial charge < -0.3 is 5.73 Å². The molecule has 2 aliphatic carbocycles. The van der Waals surface area contributed by atoms with Crippen molar-refractivity contribution in [3.63, 3.8) is 0 Å². The number of guanidine groups is 1. The first-order valence-corrected chi connectivity index (χ1v) is 11.3. The molecule has 4 nitrogen and oxygen atoms in total. The number of carbonyl (C=O) groups is 1. The van der Waals surface area contributed by atoms with Crippen molar-refractivity contribution in [3.05, 3.63) is 12.7 Å². The molecule has 3 rings (SSSR count). The van der Waals surface area contributed by atoms with Gasteiger partial charge in [0.2, 0.25) is 0 Å². The van der Waals surface area contributed by atoms with E-state index in [9.17, 15) is 4.79 Å².